The molecule has 0 heterocycles. The third kappa shape index (κ3) is 12.3. The van der Waals surface area contributed by atoms with Crippen molar-refractivity contribution in [3.05, 3.63) is 0 Å². The van der Waals surface area contributed by atoms with E-state index in [4.69, 9.17) is 0 Å². The van der Waals surface area contributed by atoms with E-state index in [1.54, 1.807) is 0 Å². The molecule has 0 rings (SSSR count). The van der Waals surface area contributed by atoms with Crippen LogP contribution in [0.2, 0.25) is 0 Å². The molecular formula is C26H39F13O3. The predicted molar refractivity (Wildman–Crippen MR) is 127 cm³/mol. The van der Waals surface area contributed by atoms with Crippen molar-refractivity contribution in [1.29, 1.82) is 0 Å². The number of esters is 1. The van der Waals surface area contributed by atoms with E-state index in [1.165, 1.54) is 32.1 Å². The second-order valence-corrected chi connectivity index (χ2v) is 10.4. The number of ether oxygens (including phenoxy) is 1. The van der Waals surface area contributed by atoms with Gasteiger partial charge in [-0.05, 0) is 6.42 Å². The van der Waals surface area contributed by atoms with Crippen molar-refractivity contribution >= 4 is 5.97 Å². The van der Waals surface area contributed by atoms with Crippen LogP contribution in [-0.2, 0) is 9.53 Å². The average Bonchev–Trinajstić information content (AvgIpc) is 2.86. The minimum atomic E-state index is -7.70. The molecule has 0 aliphatic carbocycles. The maximum Gasteiger partial charge on any atom is 0.473 e. The van der Waals surface area contributed by atoms with E-state index in [-0.39, 0.29) is 6.42 Å². The van der Waals surface area contributed by atoms with E-state index >= 15 is 0 Å². The Morgan fingerprint density at radius 2 is 0.952 bits per heavy atom. The van der Waals surface area contributed by atoms with Crippen molar-refractivity contribution in [2.75, 3.05) is 0 Å². The molecule has 0 aromatic heterocycles. The van der Waals surface area contributed by atoms with Crippen molar-refractivity contribution in [3.8, 4) is 0 Å². The standard InChI is InChI=1S/C26H39F13O3/c1-2-3-4-5-6-7-8-9-10-11-12-13-14-15-16-19(40)20(41)42-26(38,39)25(36,37)24(34,35)23(32,33)21(27,28)17-18-22(29,30)31/h19,40H,2-18H2,1H3. The summed E-state index contributed by atoms with van der Waals surface area (Å²) in [6.45, 7) is 2.14. The van der Waals surface area contributed by atoms with Crippen LogP contribution in [0, 0.1) is 0 Å². The second kappa shape index (κ2) is 17.1. The Morgan fingerprint density at radius 3 is 1.33 bits per heavy atom. The lowest BCUT2D eigenvalue weighted by atomic mass is 9.95. The van der Waals surface area contributed by atoms with Gasteiger partial charge in [-0.3, -0.25) is 0 Å². The molecule has 0 radical (unpaired) electrons. The third-order valence-corrected chi connectivity index (χ3v) is 6.67. The van der Waals surface area contributed by atoms with E-state index in [9.17, 15) is 67.0 Å². The molecule has 0 aromatic rings. The van der Waals surface area contributed by atoms with Crippen LogP contribution in [-0.4, -0.2) is 53.2 Å². The number of aliphatic hydroxyl groups excluding tert-OH is 1. The summed E-state index contributed by atoms with van der Waals surface area (Å²) >= 11 is 0. The van der Waals surface area contributed by atoms with Gasteiger partial charge in [0.25, 0.3) is 0 Å². The highest BCUT2D eigenvalue weighted by molar-refractivity contribution is 5.74. The van der Waals surface area contributed by atoms with Gasteiger partial charge in [0.2, 0.25) is 0 Å². The van der Waals surface area contributed by atoms with Gasteiger partial charge in [-0.2, -0.15) is 57.1 Å². The molecule has 0 amide bonds. The number of carbonyl (C=O) groups is 1. The summed E-state index contributed by atoms with van der Waals surface area (Å²) in [7, 11) is 0. The lowest BCUT2D eigenvalue weighted by Gasteiger charge is -2.38. The van der Waals surface area contributed by atoms with Gasteiger partial charge in [-0.1, -0.05) is 96.8 Å². The topological polar surface area (TPSA) is 46.5 Å². The highest BCUT2D eigenvalue weighted by Gasteiger charge is 2.87. The average molecular weight is 647 g/mol. The van der Waals surface area contributed by atoms with Gasteiger partial charge in [0.1, 0.15) is 0 Å². The predicted octanol–water partition coefficient (Wildman–Crippen LogP) is 10.2. The number of hydrogen-bond donors (Lipinski definition) is 1. The van der Waals surface area contributed by atoms with E-state index in [2.05, 4.69) is 11.7 Å². The Kier molecular flexibility index (Phi) is 16.5. The summed E-state index contributed by atoms with van der Waals surface area (Å²) in [5.41, 5.74) is 0. The van der Waals surface area contributed by atoms with Crippen LogP contribution in [0.25, 0.3) is 0 Å². The number of carbonyl (C=O) groups excluding carboxylic acids is 1. The first-order chi connectivity index (χ1) is 19.1. The van der Waals surface area contributed by atoms with Gasteiger partial charge < -0.3 is 9.84 Å². The fourth-order valence-corrected chi connectivity index (χ4v) is 3.97. The number of halogens is 13. The zero-order chi connectivity index (χ0) is 32.9. The van der Waals surface area contributed by atoms with Crippen molar-refractivity contribution in [2.24, 2.45) is 0 Å². The first-order valence-electron chi connectivity index (χ1n) is 13.9. The number of unbranched alkanes of at least 4 members (excludes halogenated alkanes) is 13. The number of aliphatic hydroxyl groups is 1. The molecule has 252 valence electrons. The molecule has 0 aliphatic heterocycles. The summed E-state index contributed by atoms with van der Waals surface area (Å²) in [6.07, 6.45) is -8.73. The van der Waals surface area contributed by atoms with Crippen molar-refractivity contribution in [3.63, 3.8) is 0 Å². The fraction of sp³-hybridized carbons (Fsp3) is 0.962. The number of alkyl halides is 13. The quantitative estimate of drug-likeness (QED) is 0.0683. The van der Waals surface area contributed by atoms with Gasteiger partial charge in [-0.25, -0.2) is 4.79 Å². The molecule has 16 heteroatoms. The van der Waals surface area contributed by atoms with Crippen molar-refractivity contribution in [1.82, 2.24) is 0 Å². The summed E-state index contributed by atoms with van der Waals surface area (Å²) < 4.78 is 176. The smallest absolute Gasteiger partial charge is 0.394 e. The van der Waals surface area contributed by atoms with Gasteiger partial charge in [-0.15, -0.1) is 0 Å². The largest absolute Gasteiger partial charge is 0.473 e. The van der Waals surface area contributed by atoms with E-state index in [1.807, 2.05) is 0 Å². The Morgan fingerprint density at radius 1 is 0.571 bits per heavy atom. The van der Waals surface area contributed by atoms with Crippen molar-refractivity contribution in [2.45, 2.75) is 158 Å². The Balaban J connectivity index is 4.71. The Labute approximate surface area is 236 Å². The normalized spacial score (nSPS) is 14.7. The lowest BCUT2D eigenvalue weighted by molar-refractivity contribution is -0.438. The molecule has 0 bridgehead atoms. The van der Waals surface area contributed by atoms with Crippen LogP contribution >= 0.6 is 0 Å². The molecule has 1 unspecified atom stereocenters. The molecule has 0 fully saturated rings. The van der Waals surface area contributed by atoms with Crippen molar-refractivity contribution < 1.29 is 71.7 Å². The lowest BCUT2D eigenvalue weighted by Crippen LogP contribution is -2.68. The Hall–Kier alpha value is -1.48. The van der Waals surface area contributed by atoms with Crippen LogP contribution in [0.15, 0.2) is 0 Å². The van der Waals surface area contributed by atoms with E-state index in [0.717, 1.165) is 38.5 Å². The molecule has 42 heavy (non-hydrogen) atoms. The highest BCUT2D eigenvalue weighted by Crippen LogP contribution is 2.58. The molecule has 0 spiro atoms. The molecule has 1 N–H and O–H groups in total. The van der Waals surface area contributed by atoms with Gasteiger partial charge >= 0.3 is 41.9 Å². The maximum absolute atomic E-state index is 13.8. The zero-order valence-corrected chi connectivity index (χ0v) is 23.3. The first-order valence-corrected chi connectivity index (χ1v) is 13.9. The molecule has 3 nitrogen and oxygen atoms in total. The van der Waals surface area contributed by atoms with Gasteiger partial charge in [0, 0.05) is 12.8 Å². The monoisotopic (exact) mass is 646 g/mol. The minimum Gasteiger partial charge on any atom is -0.394 e. The van der Waals surface area contributed by atoms with Crippen LogP contribution in [0.4, 0.5) is 57.1 Å². The summed E-state index contributed by atoms with van der Waals surface area (Å²) in [4.78, 5) is 11.6. The SMILES string of the molecule is CCCCCCCCCCCCCCCCC(O)C(=O)OC(F)(F)C(F)(F)C(F)(F)C(F)(F)C(F)(F)CCC(F)(F)F. The van der Waals surface area contributed by atoms with Crippen LogP contribution in [0.1, 0.15) is 116 Å². The number of hydrogen-bond acceptors (Lipinski definition) is 3. The minimum absolute atomic E-state index is 0.0182. The molecular weight excluding hydrogens is 607 g/mol. The first kappa shape index (κ1) is 40.5. The molecule has 0 saturated heterocycles. The summed E-state index contributed by atoms with van der Waals surface area (Å²) in [6, 6.07) is 0. The molecule has 0 saturated carbocycles. The van der Waals surface area contributed by atoms with E-state index in [0.29, 0.717) is 12.8 Å². The third-order valence-electron chi connectivity index (χ3n) is 6.67. The highest BCUT2D eigenvalue weighted by atomic mass is 19.4. The second-order valence-electron chi connectivity index (χ2n) is 10.4. The zero-order valence-electron chi connectivity index (χ0n) is 23.3. The number of rotatable bonds is 23. The molecule has 0 aliphatic rings. The van der Waals surface area contributed by atoms with Gasteiger partial charge in [0.05, 0.1) is 0 Å². The van der Waals surface area contributed by atoms with Crippen LogP contribution < -0.4 is 0 Å². The maximum atomic E-state index is 13.8. The summed E-state index contributed by atoms with van der Waals surface area (Å²) in [5, 5.41) is 9.56. The fourth-order valence-electron chi connectivity index (χ4n) is 3.97. The van der Waals surface area contributed by atoms with Crippen LogP contribution in [0.5, 0.6) is 0 Å². The molecule has 1 atom stereocenters. The Bertz CT molecular complexity index is 771. The van der Waals surface area contributed by atoms with Crippen LogP contribution in [0.3, 0.4) is 0 Å². The van der Waals surface area contributed by atoms with E-state index < -0.39 is 67.3 Å². The molecule has 0 aromatic carbocycles. The van der Waals surface area contributed by atoms with Gasteiger partial charge in [0.15, 0.2) is 6.10 Å². The summed E-state index contributed by atoms with van der Waals surface area (Å²) in [5.74, 6) is -31.8.